The molecule has 2 N–H and O–H groups in total. The van der Waals surface area contributed by atoms with E-state index in [0.717, 1.165) is 5.56 Å². The number of carbonyl (C=O) groups excluding carboxylic acids is 1. The summed E-state index contributed by atoms with van der Waals surface area (Å²) in [6, 6.07) is 8.02. The predicted octanol–water partition coefficient (Wildman–Crippen LogP) is 2.71. The molecule has 0 fully saturated rings. The number of halogens is 1. The van der Waals surface area contributed by atoms with Gasteiger partial charge in [-0.25, -0.2) is 13.1 Å². The highest BCUT2D eigenvalue weighted by Gasteiger charge is 2.18. The topological polar surface area (TPSA) is 88.2 Å². The lowest BCUT2D eigenvalue weighted by Crippen LogP contribution is -2.28. The van der Waals surface area contributed by atoms with Crippen LogP contribution in [0.1, 0.15) is 29.8 Å². The number of amides is 1. The SMILES string of the molecule is CC(C)CNS(=O)(=O)c1ccc(Br)c(C(=O)NCc2cccnc2)c1. The Labute approximate surface area is 156 Å². The summed E-state index contributed by atoms with van der Waals surface area (Å²) in [5, 5.41) is 2.76. The minimum atomic E-state index is -3.66. The van der Waals surface area contributed by atoms with E-state index in [1.807, 2.05) is 19.9 Å². The molecule has 0 bridgehead atoms. The van der Waals surface area contributed by atoms with Crippen molar-refractivity contribution in [2.75, 3.05) is 6.54 Å². The Morgan fingerprint density at radius 2 is 2.04 bits per heavy atom. The van der Waals surface area contributed by atoms with Crippen LogP contribution in [0, 0.1) is 5.92 Å². The van der Waals surface area contributed by atoms with E-state index in [4.69, 9.17) is 0 Å². The van der Waals surface area contributed by atoms with Gasteiger partial charge in [-0.05, 0) is 51.7 Å². The highest BCUT2D eigenvalue weighted by Crippen LogP contribution is 2.21. The minimum Gasteiger partial charge on any atom is -0.348 e. The zero-order valence-electron chi connectivity index (χ0n) is 14.0. The van der Waals surface area contributed by atoms with Gasteiger partial charge in [-0.1, -0.05) is 19.9 Å². The zero-order chi connectivity index (χ0) is 18.4. The second kappa shape index (κ2) is 8.55. The third kappa shape index (κ3) is 5.62. The van der Waals surface area contributed by atoms with Crippen LogP contribution >= 0.6 is 15.9 Å². The molecule has 1 aromatic heterocycles. The minimum absolute atomic E-state index is 0.0582. The van der Waals surface area contributed by atoms with Gasteiger partial charge < -0.3 is 5.32 Å². The van der Waals surface area contributed by atoms with Gasteiger partial charge in [-0.3, -0.25) is 9.78 Å². The molecule has 8 heteroatoms. The number of nitrogens with zero attached hydrogens (tertiary/aromatic N) is 1. The van der Waals surface area contributed by atoms with Crippen LogP contribution in [-0.4, -0.2) is 25.9 Å². The number of hydrogen-bond donors (Lipinski definition) is 2. The molecule has 2 aromatic rings. The third-order valence-electron chi connectivity index (χ3n) is 3.35. The monoisotopic (exact) mass is 425 g/mol. The molecule has 0 aliphatic carbocycles. The maximum Gasteiger partial charge on any atom is 0.252 e. The quantitative estimate of drug-likeness (QED) is 0.713. The van der Waals surface area contributed by atoms with Gasteiger partial charge in [-0.15, -0.1) is 0 Å². The Kier molecular flexibility index (Phi) is 6.69. The number of sulfonamides is 1. The summed E-state index contributed by atoms with van der Waals surface area (Å²) in [4.78, 5) is 16.5. The summed E-state index contributed by atoms with van der Waals surface area (Å²) in [6.45, 7) is 4.48. The van der Waals surface area contributed by atoms with Crippen molar-refractivity contribution in [3.8, 4) is 0 Å². The van der Waals surface area contributed by atoms with E-state index >= 15 is 0 Å². The van der Waals surface area contributed by atoms with Crippen LogP contribution in [0.3, 0.4) is 0 Å². The maximum atomic E-state index is 12.4. The maximum absolute atomic E-state index is 12.4. The van der Waals surface area contributed by atoms with Crippen LogP contribution in [0.25, 0.3) is 0 Å². The van der Waals surface area contributed by atoms with Gasteiger partial charge in [0.05, 0.1) is 10.5 Å². The van der Waals surface area contributed by atoms with E-state index < -0.39 is 10.0 Å². The van der Waals surface area contributed by atoms with Crippen molar-refractivity contribution in [3.05, 3.63) is 58.3 Å². The third-order valence-corrected chi connectivity index (χ3v) is 5.46. The second-order valence-electron chi connectivity index (χ2n) is 5.93. The largest absolute Gasteiger partial charge is 0.348 e. The second-order valence-corrected chi connectivity index (χ2v) is 8.55. The molecule has 1 heterocycles. The fourth-order valence-corrected chi connectivity index (χ4v) is 3.65. The van der Waals surface area contributed by atoms with E-state index in [2.05, 4.69) is 31.0 Å². The number of rotatable bonds is 7. The Morgan fingerprint density at radius 1 is 1.28 bits per heavy atom. The van der Waals surface area contributed by atoms with Gasteiger partial charge in [0.2, 0.25) is 10.0 Å². The standard InChI is InChI=1S/C17H20BrN3O3S/c1-12(2)9-21-25(23,24)14-5-6-16(18)15(8-14)17(22)20-11-13-4-3-7-19-10-13/h3-8,10,12,21H,9,11H2,1-2H3,(H,20,22). The van der Waals surface area contributed by atoms with Crippen LogP contribution in [-0.2, 0) is 16.6 Å². The smallest absolute Gasteiger partial charge is 0.252 e. The molecule has 2 rings (SSSR count). The number of carbonyl (C=O) groups is 1. The van der Waals surface area contributed by atoms with Crippen LogP contribution in [0.15, 0.2) is 52.1 Å². The van der Waals surface area contributed by atoms with Gasteiger partial charge in [0.1, 0.15) is 0 Å². The van der Waals surface area contributed by atoms with Gasteiger partial charge in [-0.2, -0.15) is 0 Å². The molecule has 0 spiro atoms. The highest BCUT2D eigenvalue weighted by molar-refractivity contribution is 9.10. The first kappa shape index (κ1) is 19.6. The average Bonchev–Trinajstić information content (AvgIpc) is 2.59. The highest BCUT2D eigenvalue weighted by atomic mass is 79.9. The van der Waals surface area contributed by atoms with Crippen molar-refractivity contribution in [1.29, 1.82) is 0 Å². The first-order valence-electron chi connectivity index (χ1n) is 7.76. The molecule has 0 aliphatic heterocycles. The molecule has 0 saturated carbocycles. The molecule has 25 heavy (non-hydrogen) atoms. The lowest BCUT2D eigenvalue weighted by Gasteiger charge is -2.11. The Balaban J connectivity index is 2.16. The van der Waals surface area contributed by atoms with E-state index in [1.165, 1.54) is 12.1 Å². The van der Waals surface area contributed by atoms with Crippen LogP contribution in [0.4, 0.5) is 0 Å². The van der Waals surface area contributed by atoms with Crippen molar-refractivity contribution < 1.29 is 13.2 Å². The average molecular weight is 426 g/mol. The lowest BCUT2D eigenvalue weighted by molar-refractivity contribution is 0.0950. The molecular weight excluding hydrogens is 406 g/mol. The molecule has 0 unspecified atom stereocenters. The number of aromatic nitrogens is 1. The van der Waals surface area contributed by atoms with Crippen LogP contribution in [0.5, 0.6) is 0 Å². The van der Waals surface area contributed by atoms with Gasteiger partial charge in [0, 0.05) is 30.0 Å². The number of hydrogen-bond acceptors (Lipinski definition) is 4. The first-order chi connectivity index (χ1) is 11.8. The Morgan fingerprint density at radius 3 is 2.68 bits per heavy atom. The van der Waals surface area contributed by atoms with Crippen LogP contribution in [0.2, 0.25) is 0 Å². The lowest BCUT2D eigenvalue weighted by atomic mass is 10.2. The van der Waals surface area contributed by atoms with Crippen LogP contribution < -0.4 is 10.0 Å². The summed E-state index contributed by atoms with van der Waals surface area (Å²) in [7, 11) is -3.66. The molecule has 1 amide bonds. The summed E-state index contributed by atoms with van der Waals surface area (Å²) < 4.78 is 27.7. The number of nitrogens with one attached hydrogen (secondary N) is 2. The van der Waals surface area contributed by atoms with E-state index in [1.54, 1.807) is 24.5 Å². The summed E-state index contributed by atoms with van der Waals surface area (Å²) >= 11 is 3.30. The molecule has 0 radical (unpaired) electrons. The Hall–Kier alpha value is -1.77. The fourth-order valence-electron chi connectivity index (χ4n) is 1.99. The molecule has 6 nitrogen and oxygen atoms in total. The van der Waals surface area contributed by atoms with Crippen molar-refractivity contribution in [3.63, 3.8) is 0 Å². The van der Waals surface area contributed by atoms with Gasteiger partial charge in [0.25, 0.3) is 5.91 Å². The number of pyridine rings is 1. The molecule has 1 aromatic carbocycles. The van der Waals surface area contributed by atoms with Crippen molar-refractivity contribution in [1.82, 2.24) is 15.0 Å². The summed E-state index contributed by atoms with van der Waals surface area (Å²) in [5.74, 6) is -0.177. The summed E-state index contributed by atoms with van der Waals surface area (Å²) in [5.41, 5.74) is 1.12. The normalized spacial score (nSPS) is 11.5. The van der Waals surface area contributed by atoms with E-state index in [9.17, 15) is 13.2 Å². The number of benzene rings is 1. The molecule has 0 saturated heterocycles. The van der Waals surface area contributed by atoms with Crippen molar-refractivity contribution in [2.45, 2.75) is 25.3 Å². The van der Waals surface area contributed by atoms with E-state index in [-0.39, 0.29) is 22.3 Å². The zero-order valence-corrected chi connectivity index (χ0v) is 16.4. The van der Waals surface area contributed by atoms with Crippen molar-refractivity contribution in [2.24, 2.45) is 5.92 Å². The first-order valence-corrected chi connectivity index (χ1v) is 10.0. The molecule has 0 aliphatic rings. The van der Waals surface area contributed by atoms with E-state index in [0.29, 0.717) is 17.6 Å². The van der Waals surface area contributed by atoms with Gasteiger partial charge >= 0.3 is 0 Å². The Bertz CT molecular complexity index is 839. The molecule has 0 atom stereocenters. The summed E-state index contributed by atoms with van der Waals surface area (Å²) in [6.07, 6.45) is 3.31. The fraction of sp³-hybridized carbons (Fsp3) is 0.294. The van der Waals surface area contributed by atoms with Gasteiger partial charge in [0.15, 0.2) is 0 Å². The van der Waals surface area contributed by atoms with Crippen molar-refractivity contribution >= 4 is 31.9 Å². The molecule has 134 valence electrons. The predicted molar refractivity (Wildman–Crippen MR) is 99.6 cm³/mol. The molecular formula is C17H20BrN3O3S.